The predicted molar refractivity (Wildman–Crippen MR) is 93.7 cm³/mol. The first-order chi connectivity index (χ1) is 9.76. The fraction of sp³-hybridized carbons (Fsp3) is 0.706. The monoisotopic (exact) mass is 353 g/mol. The zero-order valence-corrected chi connectivity index (χ0v) is 15.5. The number of piperidine rings is 1. The summed E-state index contributed by atoms with van der Waals surface area (Å²) in [7, 11) is 0. The predicted octanol–water partition coefficient (Wildman–Crippen LogP) is 4.21. The van der Waals surface area contributed by atoms with Gasteiger partial charge in [0.15, 0.2) is 0 Å². The number of hydrogen-bond acceptors (Lipinski definition) is 3. The molecule has 4 heteroatoms. The van der Waals surface area contributed by atoms with Gasteiger partial charge in [0.25, 0.3) is 0 Å². The van der Waals surface area contributed by atoms with Gasteiger partial charge in [0, 0.05) is 41.4 Å². The maximum atomic E-state index is 4.70. The van der Waals surface area contributed by atoms with E-state index < -0.39 is 0 Å². The Kier molecular flexibility index (Phi) is 5.31. The molecule has 1 aliphatic rings. The average Bonchev–Trinajstić information content (AvgIpc) is 2.39. The minimum absolute atomic E-state index is 0.114. The third-order valence-electron chi connectivity index (χ3n) is 4.35. The Hall–Kier alpha value is -0.610. The molecule has 0 bridgehead atoms. The lowest BCUT2D eigenvalue weighted by molar-refractivity contribution is 0.322. The number of aromatic nitrogens is 1. The summed E-state index contributed by atoms with van der Waals surface area (Å²) in [6.07, 6.45) is 3.17. The van der Waals surface area contributed by atoms with Crippen LogP contribution >= 0.6 is 15.9 Å². The first-order valence-corrected chi connectivity index (χ1v) is 8.70. The van der Waals surface area contributed by atoms with E-state index in [0.717, 1.165) is 41.8 Å². The molecule has 0 spiro atoms. The summed E-state index contributed by atoms with van der Waals surface area (Å²) >= 11 is 3.55. The number of rotatable bonds is 3. The SMILES string of the molecule is CC1CCN(c2ncc(Br)cc2CNC(C)(C)C)CC1C. The van der Waals surface area contributed by atoms with E-state index in [-0.39, 0.29) is 5.54 Å². The molecule has 3 nitrogen and oxygen atoms in total. The molecule has 0 saturated carbocycles. The van der Waals surface area contributed by atoms with Gasteiger partial charge in [0.2, 0.25) is 0 Å². The molecule has 2 atom stereocenters. The molecular weight excluding hydrogens is 326 g/mol. The van der Waals surface area contributed by atoms with Crippen molar-refractivity contribution in [3.05, 3.63) is 22.3 Å². The van der Waals surface area contributed by atoms with E-state index >= 15 is 0 Å². The van der Waals surface area contributed by atoms with Crippen molar-refractivity contribution >= 4 is 21.7 Å². The van der Waals surface area contributed by atoms with Crippen LogP contribution in [0.15, 0.2) is 16.7 Å². The maximum Gasteiger partial charge on any atom is 0.133 e. The van der Waals surface area contributed by atoms with Gasteiger partial charge >= 0.3 is 0 Å². The normalized spacial score (nSPS) is 23.4. The van der Waals surface area contributed by atoms with Crippen LogP contribution < -0.4 is 10.2 Å². The van der Waals surface area contributed by atoms with Gasteiger partial charge in [-0.25, -0.2) is 4.98 Å². The minimum atomic E-state index is 0.114. The molecule has 1 saturated heterocycles. The highest BCUT2D eigenvalue weighted by atomic mass is 79.9. The van der Waals surface area contributed by atoms with Crippen molar-refractivity contribution < 1.29 is 0 Å². The van der Waals surface area contributed by atoms with Crippen molar-refractivity contribution in [2.24, 2.45) is 11.8 Å². The van der Waals surface area contributed by atoms with Gasteiger partial charge in [-0.05, 0) is 61.0 Å². The number of hydrogen-bond donors (Lipinski definition) is 1. The Labute approximate surface area is 137 Å². The lowest BCUT2D eigenvalue weighted by Crippen LogP contribution is -2.40. The standard InChI is InChI=1S/C17H28BrN3/c1-12-6-7-21(11-13(12)2)16-14(8-15(18)10-19-16)9-20-17(3,4)5/h8,10,12-13,20H,6-7,9,11H2,1-5H3. The van der Waals surface area contributed by atoms with Crippen molar-refractivity contribution in [2.75, 3.05) is 18.0 Å². The maximum absolute atomic E-state index is 4.70. The molecule has 2 rings (SSSR count). The van der Waals surface area contributed by atoms with Crippen molar-refractivity contribution in [3.63, 3.8) is 0 Å². The number of pyridine rings is 1. The zero-order chi connectivity index (χ0) is 15.6. The van der Waals surface area contributed by atoms with Crippen LogP contribution in [0.2, 0.25) is 0 Å². The summed E-state index contributed by atoms with van der Waals surface area (Å²) in [4.78, 5) is 7.16. The number of anilines is 1. The Morgan fingerprint density at radius 1 is 1.33 bits per heavy atom. The van der Waals surface area contributed by atoms with Crippen molar-refractivity contribution in [2.45, 2.75) is 53.1 Å². The van der Waals surface area contributed by atoms with Gasteiger partial charge in [-0.2, -0.15) is 0 Å². The summed E-state index contributed by atoms with van der Waals surface area (Å²) < 4.78 is 1.05. The molecule has 1 fully saturated rings. The zero-order valence-electron chi connectivity index (χ0n) is 13.9. The van der Waals surface area contributed by atoms with Crippen LogP contribution in [0.3, 0.4) is 0 Å². The molecule has 0 aliphatic carbocycles. The van der Waals surface area contributed by atoms with Gasteiger partial charge in [-0.1, -0.05) is 13.8 Å². The summed E-state index contributed by atoms with van der Waals surface area (Å²) in [6, 6.07) is 2.20. The molecule has 1 aliphatic heterocycles. The van der Waals surface area contributed by atoms with Crippen molar-refractivity contribution in [1.29, 1.82) is 0 Å². The molecule has 0 radical (unpaired) electrons. The number of halogens is 1. The molecule has 1 aromatic rings. The van der Waals surface area contributed by atoms with E-state index in [2.05, 4.69) is 66.8 Å². The molecule has 0 aromatic carbocycles. The van der Waals surface area contributed by atoms with Gasteiger partial charge in [-0.3, -0.25) is 0 Å². The third kappa shape index (κ3) is 4.68. The molecule has 118 valence electrons. The van der Waals surface area contributed by atoms with Gasteiger partial charge in [0.05, 0.1) is 0 Å². The minimum Gasteiger partial charge on any atom is -0.356 e. The molecule has 2 unspecified atom stereocenters. The van der Waals surface area contributed by atoms with Gasteiger partial charge in [0.1, 0.15) is 5.82 Å². The second-order valence-corrected chi connectivity index (χ2v) is 8.34. The van der Waals surface area contributed by atoms with Crippen LogP contribution in [-0.2, 0) is 6.54 Å². The molecule has 0 amide bonds. The summed E-state index contributed by atoms with van der Waals surface area (Å²) in [5.74, 6) is 2.69. The van der Waals surface area contributed by atoms with Crippen LogP contribution in [0.1, 0.15) is 46.6 Å². The van der Waals surface area contributed by atoms with Crippen molar-refractivity contribution in [3.8, 4) is 0 Å². The first-order valence-electron chi connectivity index (χ1n) is 7.90. The van der Waals surface area contributed by atoms with E-state index in [9.17, 15) is 0 Å². The Morgan fingerprint density at radius 2 is 2.05 bits per heavy atom. The lowest BCUT2D eigenvalue weighted by atomic mass is 9.88. The highest BCUT2D eigenvalue weighted by molar-refractivity contribution is 9.10. The van der Waals surface area contributed by atoms with E-state index in [1.165, 1.54) is 12.0 Å². The highest BCUT2D eigenvalue weighted by Gasteiger charge is 2.25. The van der Waals surface area contributed by atoms with Crippen LogP contribution in [0.4, 0.5) is 5.82 Å². The summed E-state index contributed by atoms with van der Waals surface area (Å²) in [5, 5.41) is 3.58. The summed E-state index contributed by atoms with van der Waals surface area (Å²) in [5.41, 5.74) is 1.39. The molecule has 1 N–H and O–H groups in total. The highest BCUT2D eigenvalue weighted by Crippen LogP contribution is 2.29. The van der Waals surface area contributed by atoms with Crippen LogP contribution in [0, 0.1) is 11.8 Å². The number of nitrogens with one attached hydrogen (secondary N) is 1. The number of nitrogens with zero attached hydrogens (tertiary/aromatic N) is 2. The largest absolute Gasteiger partial charge is 0.356 e. The van der Waals surface area contributed by atoms with E-state index in [1.807, 2.05) is 6.20 Å². The quantitative estimate of drug-likeness (QED) is 0.881. The van der Waals surface area contributed by atoms with E-state index in [0.29, 0.717) is 0 Å². The Morgan fingerprint density at radius 3 is 2.67 bits per heavy atom. The molecule has 2 heterocycles. The smallest absolute Gasteiger partial charge is 0.133 e. The van der Waals surface area contributed by atoms with Gasteiger partial charge < -0.3 is 10.2 Å². The topological polar surface area (TPSA) is 28.2 Å². The summed E-state index contributed by atoms with van der Waals surface area (Å²) in [6.45, 7) is 14.4. The van der Waals surface area contributed by atoms with Crippen LogP contribution in [0.25, 0.3) is 0 Å². The molecule has 1 aromatic heterocycles. The van der Waals surface area contributed by atoms with E-state index in [4.69, 9.17) is 4.98 Å². The van der Waals surface area contributed by atoms with E-state index in [1.54, 1.807) is 0 Å². The fourth-order valence-electron chi connectivity index (χ4n) is 2.70. The van der Waals surface area contributed by atoms with Crippen LogP contribution in [-0.4, -0.2) is 23.6 Å². The molecular formula is C17H28BrN3. The van der Waals surface area contributed by atoms with Gasteiger partial charge in [-0.15, -0.1) is 0 Å². The molecule has 21 heavy (non-hydrogen) atoms. The van der Waals surface area contributed by atoms with Crippen molar-refractivity contribution in [1.82, 2.24) is 10.3 Å². The van der Waals surface area contributed by atoms with Crippen LogP contribution in [0.5, 0.6) is 0 Å². The Balaban J connectivity index is 2.18. The first kappa shape index (κ1) is 16.8. The average molecular weight is 354 g/mol. The second kappa shape index (κ2) is 6.66. The third-order valence-corrected chi connectivity index (χ3v) is 4.79. The fourth-order valence-corrected chi connectivity index (χ4v) is 3.08. The second-order valence-electron chi connectivity index (χ2n) is 7.43. The Bertz CT molecular complexity index is 481. The lowest BCUT2D eigenvalue weighted by Gasteiger charge is -2.37.